The van der Waals surface area contributed by atoms with Crippen LogP contribution in [-0.2, 0) is 6.18 Å². The Balaban J connectivity index is 3.00. The number of rotatable bonds is 4. The van der Waals surface area contributed by atoms with Crippen molar-refractivity contribution in [2.75, 3.05) is 4.43 Å². The second-order valence-electron chi connectivity index (χ2n) is 4.67. The molecule has 1 rings (SSSR count). The molecule has 0 heterocycles. The van der Waals surface area contributed by atoms with E-state index in [1.54, 1.807) is 0 Å². The van der Waals surface area contributed by atoms with Crippen molar-refractivity contribution in [2.45, 2.75) is 26.1 Å². The van der Waals surface area contributed by atoms with E-state index in [0.29, 0.717) is 4.43 Å². The first kappa shape index (κ1) is 17.7. The smallest absolute Gasteiger partial charge is 0.348 e. The van der Waals surface area contributed by atoms with E-state index in [0.717, 1.165) is 6.07 Å². The van der Waals surface area contributed by atoms with Crippen LogP contribution in [0.1, 0.15) is 29.8 Å². The molecule has 0 aliphatic heterocycles. The third kappa shape index (κ3) is 4.61. The number of hydrogen-bond donors (Lipinski definition) is 1. The molecular formula is C13H14BrF3INO. The predicted molar refractivity (Wildman–Crippen MR) is 84.1 cm³/mol. The van der Waals surface area contributed by atoms with Crippen LogP contribution in [0, 0.1) is 5.92 Å². The fourth-order valence-electron chi connectivity index (χ4n) is 1.52. The summed E-state index contributed by atoms with van der Waals surface area (Å²) in [7, 11) is 0. The average Bonchev–Trinajstić information content (AvgIpc) is 2.34. The number of hydrogen-bond acceptors (Lipinski definition) is 1. The fourth-order valence-corrected chi connectivity index (χ4v) is 3.23. The highest BCUT2D eigenvalue weighted by Gasteiger charge is 2.33. The highest BCUT2D eigenvalue weighted by atomic mass is 127. The highest BCUT2D eigenvalue weighted by molar-refractivity contribution is 14.1. The summed E-state index contributed by atoms with van der Waals surface area (Å²) in [5.74, 6) is -0.272. The first-order valence-corrected chi connectivity index (χ1v) is 8.22. The van der Waals surface area contributed by atoms with Gasteiger partial charge in [-0.1, -0.05) is 52.4 Å². The Hall–Kier alpha value is -0.310. The molecule has 1 unspecified atom stereocenters. The molecule has 7 heteroatoms. The van der Waals surface area contributed by atoms with Gasteiger partial charge in [-0.3, -0.25) is 4.79 Å². The third-order valence-electron chi connectivity index (χ3n) is 2.82. The van der Waals surface area contributed by atoms with Crippen LogP contribution in [0.4, 0.5) is 13.2 Å². The van der Waals surface area contributed by atoms with Gasteiger partial charge in [0, 0.05) is 20.5 Å². The Labute approximate surface area is 137 Å². The van der Waals surface area contributed by atoms with E-state index in [-0.39, 0.29) is 22.0 Å². The van der Waals surface area contributed by atoms with E-state index >= 15 is 0 Å². The molecule has 0 aromatic heterocycles. The van der Waals surface area contributed by atoms with Crippen LogP contribution in [0.5, 0.6) is 0 Å². The molecule has 2 nitrogen and oxygen atoms in total. The number of benzene rings is 1. The summed E-state index contributed by atoms with van der Waals surface area (Å²) in [5.41, 5.74) is -0.836. The predicted octanol–water partition coefficient (Wildman–Crippen LogP) is 4.66. The molecule has 0 spiro atoms. The molecule has 1 atom stereocenters. The van der Waals surface area contributed by atoms with Crippen molar-refractivity contribution >= 4 is 44.4 Å². The average molecular weight is 464 g/mol. The first-order valence-electron chi connectivity index (χ1n) is 5.90. The van der Waals surface area contributed by atoms with Crippen LogP contribution in [0.3, 0.4) is 0 Å². The van der Waals surface area contributed by atoms with Crippen molar-refractivity contribution in [1.29, 1.82) is 0 Å². The molecule has 0 aliphatic carbocycles. The molecule has 20 heavy (non-hydrogen) atoms. The molecule has 1 amide bonds. The van der Waals surface area contributed by atoms with Crippen LogP contribution in [0.15, 0.2) is 22.7 Å². The Bertz CT molecular complexity index is 491. The molecule has 1 N–H and O–H groups in total. The maximum atomic E-state index is 12.8. The largest absolute Gasteiger partial charge is 0.417 e. The Morgan fingerprint density at radius 2 is 2.00 bits per heavy atom. The zero-order valence-electron chi connectivity index (χ0n) is 10.9. The van der Waals surface area contributed by atoms with Crippen LogP contribution in [0.25, 0.3) is 0 Å². The van der Waals surface area contributed by atoms with Crippen molar-refractivity contribution in [3.8, 4) is 0 Å². The summed E-state index contributed by atoms with van der Waals surface area (Å²) in [4.78, 5) is 12.0. The minimum atomic E-state index is -4.49. The molecule has 1 aromatic rings. The molecular weight excluding hydrogens is 450 g/mol. The molecule has 1 aromatic carbocycles. The summed E-state index contributed by atoms with van der Waals surface area (Å²) in [6.07, 6.45) is -4.49. The van der Waals surface area contributed by atoms with Gasteiger partial charge in [-0.25, -0.2) is 0 Å². The first-order chi connectivity index (χ1) is 9.16. The van der Waals surface area contributed by atoms with E-state index in [1.807, 2.05) is 13.8 Å². The van der Waals surface area contributed by atoms with Crippen LogP contribution in [0.2, 0.25) is 0 Å². The standard InChI is InChI=1S/C13H14BrF3INO/c1-7(2)11(6-18)19-12(20)8-3-4-10(14)9(5-8)13(15,16)17/h3-5,7,11H,6H2,1-2H3,(H,19,20). The SMILES string of the molecule is CC(C)C(CI)NC(=O)c1ccc(Br)c(C(F)(F)F)c1. The minimum Gasteiger partial charge on any atom is -0.348 e. The van der Waals surface area contributed by atoms with Gasteiger partial charge in [-0.2, -0.15) is 13.2 Å². The molecule has 0 radical (unpaired) electrons. The van der Waals surface area contributed by atoms with Crippen molar-refractivity contribution in [3.63, 3.8) is 0 Å². The van der Waals surface area contributed by atoms with Gasteiger partial charge in [0.05, 0.1) is 5.56 Å². The van der Waals surface area contributed by atoms with Gasteiger partial charge in [-0.05, 0) is 24.1 Å². The molecule has 0 bridgehead atoms. The van der Waals surface area contributed by atoms with E-state index in [4.69, 9.17) is 0 Å². The number of alkyl halides is 4. The maximum absolute atomic E-state index is 12.8. The van der Waals surface area contributed by atoms with Gasteiger partial charge < -0.3 is 5.32 Å². The van der Waals surface area contributed by atoms with Crippen LogP contribution in [-0.4, -0.2) is 16.4 Å². The summed E-state index contributed by atoms with van der Waals surface area (Å²) in [6.45, 7) is 3.90. The lowest BCUT2D eigenvalue weighted by Gasteiger charge is -2.20. The second-order valence-corrected chi connectivity index (χ2v) is 6.41. The van der Waals surface area contributed by atoms with Gasteiger partial charge in [0.2, 0.25) is 0 Å². The summed E-state index contributed by atoms with van der Waals surface area (Å²) in [6, 6.07) is 3.41. The Morgan fingerprint density at radius 3 is 2.45 bits per heavy atom. The number of carbonyl (C=O) groups excluding carboxylic acids is 1. The van der Waals surface area contributed by atoms with Crippen molar-refractivity contribution in [2.24, 2.45) is 5.92 Å². The lowest BCUT2D eigenvalue weighted by molar-refractivity contribution is -0.138. The monoisotopic (exact) mass is 463 g/mol. The van der Waals surface area contributed by atoms with Gasteiger partial charge >= 0.3 is 6.18 Å². The van der Waals surface area contributed by atoms with Gasteiger partial charge in [0.1, 0.15) is 0 Å². The van der Waals surface area contributed by atoms with Crippen LogP contribution >= 0.6 is 38.5 Å². The maximum Gasteiger partial charge on any atom is 0.417 e. The highest BCUT2D eigenvalue weighted by Crippen LogP contribution is 2.35. The fraction of sp³-hybridized carbons (Fsp3) is 0.462. The van der Waals surface area contributed by atoms with Gasteiger partial charge in [0.25, 0.3) is 5.91 Å². The molecule has 0 aliphatic rings. The number of nitrogens with one attached hydrogen (secondary N) is 1. The van der Waals surface area contributed by atoms with Crippen LogP contribution < -0.4 is 5.32 Å². The molecule has 0 fully saturated rings. The zero-order chi connectivity index (χ0) is 15.5. The molecule has 112 valence electrons. The van der Waals surface area contributed by atoms with E-state index in [9.17, 15) is 18.0 Å². The zero-order valence-corrected chi connectivity index (χ0v) is 14.6. The lowest BCUT2D eigenvalue weighted by Crippen LogP contribution is -2.39. The lowest BCUT2D eigenvalue weighted by atomic mass is 10.1. The topological polar surface area (TPSA) is 29.1 Å². The van der Waals surface area contributed by atoms with Crippen molar-refractivity contribution in [1.82, 2.24) is 5.32 Å². The van der Waals surface area contributed by atoms with Gasteiger partial charge in [-0.15, -0.1) is 0 Å². The number of amides is 1. The van der Waals surface area contributed by atoms with E-state index in [1.165, 1.54) is 12.1 Å². The van der Waals surface area contributed by atoms with Crippen molar-refractivity contribution < 1.29 is 18.0 Å². The third-order valence-corrected chi connectivity index (χ3v) is 4.46. The molecule has 0 saturated heterocycles. The normalized spacial score (nSPS) is 13.4. The Morgan fingerprint density at radius 1 is 1.40 bits per heavy atom. The summed E-state index contributed by atoms with van der Waals surface area (Å²) < 4.78 is 39.0. The number of carbonyl (C=O) groups is 1. The quantitative estimate of drug-likeness (QED) is 0.510. The summed E-state index contributed by atoms with van der Waals surface area (Å²) >= 11 is 4.99. The minimum absolute atomic E-state index is 0.0102. The van der Waals surface area contributed by atoms with E-state index in [2.05, 4.69) is 43.8 Å². The molecule has 0 saturated carbocycles. The van der Waals surface area contributed by atoms with E-state index < -0.39 is 17.6 Å². The Kier molecular flexibility index (Phi) is 6.30. The second kappa shape index (κ2) is 7.11. The van der Waals surface area contributed by atoms with Gasteiger partial charge in [0.15, 0.2) is 0 Å². The summed E-state index contributed by atoms with van der Waals surface area (Å²) in [5, 5.41) is 2.75. The number of halogens is 5. The van der Waals surface area contributed by atoms with Crippen molar-refractivity contribution in [3.05, 3.63) is 33.8 Å².